The molecule has 25 heavy (non-hydrogen) atoms. The first-order chi connectivity index (χ1) is 11.9. The number of hydrogen-bond acceptors (Lipinski definition) is 3. The monoisotopic (exact) mass is 346 g/mol. The summed E-state index contributed by atoms with van der Waals surface area (Å²) in [7, 11) is 1.64. The van der Waals surface area contributed by atoms with Crippen molar-refractivity contribution in [1.82, 2.24) is 9.80 Å². The second kappa shape index (κ2) is 8.65. The number of aryl methyl sites for hydroxylation is 2. The molecule has 1 aromatic carbocycles. The fourth-order valence-corrected chi connectivity index (χ4v) is 2.96. The third kappa shape index (κ3) is 5.59. The van der Waals surface area contributed by atoms with Crippen LogP contribution in [0.25, 0.3) is 0 Å². The highest BCUT2D eigenvalue weighted by molar-refractivity contribution is 5.85. The maximum atomic E-state index is 12.3. The molecule has 0 aliphatic carbocycles. The van der Waals surface area contributed by atoms with Crippen molar-refractivity contribution in [2.45, 2.75) is 32.6 Å². The summed E-state index contributed by atoms with van der Waals surface area (Å²) in [5.74, 6) is -1.34. The third-order valence-corrected chi connectivity index (χ3v) is 4.74. The van der Waals surface area contributed by atoms with E-state index in [1.54, 1.807) is 11.9 Å². The fourth-order valence-electron chi connectivity index (χ4n) is 2.96. The van der Waals surface area contributed by atoms with E-state index >= 15 is 0 Å². The number of benzene rings is 1. The predicted octanol–water partition coefficient (Wildman–Crippen LogP) is 1.71. The molecular formula is C19H26N2O4. The van der Waals surface area contributed by atoms with E-state index in [0.717, 1.165) is 5.56 Å². The minimum Gasteiger partial charge on any atom is -0.481 e. The van der Waals surface area contributed by atoms with Gasteiger partial charge < -0.3 is 14.9 Å². The lowest BCUT2D eigenvalue weighted by Crippen LogP contribution is -2.45. The molecule has 6 nitrogen and oxygen atoms in total. The lowest BCUT2D eigenvalue weighted by atomic mass is 9.97. The lowest BCUT2D eigenvalue weighted by Gasteiger charge is -2.31. The van der Waals surface area contributed by atoms with Gasteiger partial charge >= 0.3 is 5.97 Å². The molecule has 6 heteroatoms. The Labute approximate surface area is 148 Å². The first-order valence-electron chi connectivity index (χ1n) is 8.67. The third-order valence-electron chi connectivity index (χ3n) is 4.74. The fraction of sp³-hybridized carbons (Fsp3) is 0.526. The second-order valence-corrected chi connectivity index (χ2v) is 6.73. The minimum atomic E-state index is -0.796. The van der Waals surface area contributed by atoms with Crippen LogP contribution in [0, 0.1) is 12.8 Å². The number of likely N-dealkylation sites (tertiary alicyclic amines) is 1. The van der Waals surface area contributed by atoms with Crippen molar-refractivity contribution in [2.24, 2.45) is 5.92 Å². The molecule has 0 aromatic heterocycles. The number of nitrogens with zero attached hydrogens (tertiary/aromatic N) is 2. The highest BCUT2D eigenvalue weighted by atomic mass is 16.4. The van der Waals surface area contributed by atoms with Crippen molar-refractivity contribution < 1.29 is 19.5 Å². The summed E-state index contributed by atoms with van der Waals surface area (Å²) in [6.07, 6.45) is 1.98. The number of hydrogen-bond donors (Lipinski definition) is 1. The normalized spacial score (nSPS) is 15.0. The van der Waals surface area contributed by atoms with Crippen molar-refractivity contribution in [3.63, 3.8) is 0 Å². The highest BCUT2D eigenvalue weighted by Crippen LogP contribution is 2.17. The summed E-state index contributed by atoms with van der Waals surface area (Å²) in [5, 5.41) is 8.99. The zero-order valence-electron chi connectivity index (χ0n) is 14.9. The number of carbonyl (C=O) groups excluding carboxylic acids is 2. The van der Waals surface area contributed by atoms with E-state index in [4.69, 9.17) is 5.11 Å². The molecule has 2 rings (SSSR count). The molecule has 1 saturated heterocycles. The molecule has 0 radical (unpaired) electrons. The van der Waals surface area contributed by atoms with Gasteiger partial charge in [0.15, 0.2) is 0 Å². The smallest absolute Gasteiger partial charge is 0.306 e. The Morgan fingerprint density at radius 3 is 2.32 bits per heavy atom. The molecule has 0 saturated carbocycles. The van der Waals surface area contributed by atoms with Crippen LogP contribution in [-0.4, -0.2) is 59.4 Å². The molecule has 0 atom stereocenters. The summed E-state index contributed by atoms with van der Waals surface area (Å²) in [6.45, 7) is 2.96. The number of likely N-dealkylation sites (N-methyl/N-ethyl adjacent to an activating group) is 1. The summed E-state index contributed by atoms with van der Waals surface area (Å²) in [5.41, 5.74) is 2.29. The van der Waals surface area contributed by atoms with Gasteiger partial charge in [-0.05, 0) is 31.7 Å². The van der Waals surface area contributed by atoms with Crippen LogP contribution in [-0.2, 0) is 20.8 Å². The van der Waals surface area contributed by atoms with Crippen molar-refractivity contribution in [2.75, 3.05) is 26.7 Å². The Bertz CT molecular complexity index is 619. The maximum Gasteiger partial charge on any atom is 0.306 e. The standard InChI is InChI=1S/C19H26N2O4/c1-14-3-5-15(6-4-14)7-8-17(22)20(2)13-18(23)21-11-9-16(10-12-21)19(24)25/h3-6,16H,7-13H2,1-2H3,(H,24,25). The van der Waals surface area contributed by atoms with E-state index in [2.05, 4.69) is 0 Å². The van der Waals surface area contributed by atoms with Crippen LogP contribution in [0.2, 0.25) is 0 Å². The summed E-state index contributed by atoms with van der Waals surface area (Å²) in [4.78, 5) is 38.6. The lowest BCUT2D eigenvalue weighted by molar-refractivity contribution is -0.146. The highest BCUT2D eigenvalue weighted by Gasteiger charge is 2.27. The average molecular weight is 346 g/mol. The molecule has 0 spiro atoms. The molecule has 1 aromatic rings. The SMILES string of the molecule is Cc1ccc(CCC(=O)N(C)CC(=O)N2CCC(C(=O)O)CC2)cc1. The first-order valence-corrected chi connectivity index (χ1v) is 8.67. The van der Waals surface area contributed by atoms with Gasteiger partial charge in [-0.2, -0.15) is 0 Å². The van der Waals surface area contributed by atoms with Crippen LogP contribution >= 0.6 is 0 Å². The Morgan fingerprint density at radius 2 is 1.76 bits per heavy atom. The van der Waals surface area contributed by atoms with Gasteiger partial charge in [0.2, 0.25) is 11.8 Å². The first kappa shape index (κ1) is 19.0. The van der Waals surface area contributed by atoms with Crippen molar-refractivity contribution in [1.29, 1.82) is 0 Å². The van der Waals surface area contributed by atoms with Crippen LogP contribution in [0.3, 0.4) is 0 Å². The number of amides is 2. The Hall–Kier alpha value is -2.37. The van der Waals surface area contributed by atoms with E-state index in [1.165, 1.54) is 10.5 Å². The molecule has 136 valence electrons. The molecule has 1 aliphatic heterocycles. The molecule has 1 N–H and O–H groups in total. The van der Waals surface area contributed by atoms with Gasteiger partial charge in [0, 0.05) is 26.6 Å². The number of carboxylic acids is 1. The van der Waals surface area contributed by atoms with Gasteiger partial charge in [0.05, 0.1) is 12.5 Å². The average Bonchev–Trinajstić information content (AvgIpc) is 2.60. The van der Waals surface area contributed by atoms with E-state index in [-0.39, 0.29) is 24.3 Å². The predicted molar refractivity (Wildman–Crippen MR) is 94.1 cm³/mol. The summed E-state index contributed by atoms with van der Waals surface area (Å²) < 4.78 is 0. The number of aliphatic carboxylic acids is 1. The number of carbonyl (C=O) groups is 3. The van der Waals surface area contributed by atoms with Gasteiger partial charge in [-0.15, -0.1) is 0 Å². The summed E-state index contributed by atoms with van der Waals surface area (Å²) in [6, 6.07) is 8.07. The molecule has 0 unspecified atom stereocenters. The molecule has 1 aliphatic rings. The Kier molecular flexibility index (Phi) is 6.56. The summed E-state index contributed by atoms with van der Waals surface area (Å²) >= 11 is 0. The van der Waals surface area contributed by atoms with Gasteiger partial charge in [0.1, 0.15) is 0 Å². The molecule has 1 fully saturated rings. The molecule has 2 amide bonds. The van der Waals surface area contributed by atoms with Gasteiger partial charge in [-0.3, -0.25) is 14.4 Å². The quantitative estimate of drug-likeness (QED) is 0.851. The Balaban J connectivity index is 1.75. The number of carboxylic acid groups (broad SMARTS) is 1. The second-order valence-electron chi connectivity index (χ2n) is 6.73. The van der Waals surface area contributed by atoms with E-state index in [1.807, 2.05) is 31.2 Å². The van der Waals surface area contributed by atoms with Gasteiger partial charge in [-0.1, -0.05) is 29.8 Å². The zero-order valence-corrected chi connectivity index (χ0v) is 14.9. The topological polar surface area (TPSA) is 77.9 Å². The van der Waals surface area contributed by atoms with Crippen molar-refractivity contribution in [3.8, 4) is 0 Å². The van der Waals surface area contributed by atoms with Crippen LogP contribution < -0.4 is 0 Å². The zero-order chi connectivity index (χ0) is 18.4. The number of piperidine rings is 1. The minimum absolute atomic E-state index is 0.0461. The van der Waals surface area contributed by atoms with Gasteiger partial charge in [0.25, 0.3) is 0 Å². The molecular weight excluding hydrogens is 320 g/mol. The molecule has 0 bridgehead atoms. The van der Waals surface area contributed by atoms with E-state index < -0.39 is 5.97 Å². The van der Waals surface area contributed by atoms with Crippen LogP contribution in [0.1, 0.15) is 30.4 Å². The van der Waals surface area contributed by atoms with E-state index in [0.29, 0.717) is 38.8 Å². The maximum absolute atomic E-state index is 12.3. The molecule has 1 heterocycles. The number of rotatable bonds is 6. The van der Waals surface area contributed by atoms with E-state index in [9.17, 15) is 14.4 Å². The van der Waals surface area contributed by atoms with Crippen molar-refractivity contribution in [3.05, 3.63) is 35.4 Å². The Morgan fingerprint density at radius 1 is 1.16 bits per heavy atom. The van der Waals surface area contributed by atoms with Crippen LogP contribution in [0.15, 0.2) is 24.3 Å². The largest absolute Gasteiger partial charge is 0.481 e. The van der Waals surface area contributed by atoms with Gasteiger partial charge in [-0.25, -0.2) is 0 Å². The van der Waals surface area contributed by atoms with Crippen LogP contribution in [0.5, 0.6) is 0 Å². The van der Waals surface area contributed by atoms with Crippen LogP contribution in [0.4, 0.5) is 0 Å². The van der Waals surface area contributed by atoms with Crippen molar-refractivity contribution >= 4 is 17.8 Å².